The lowest BCUT2D eigenvalue weighted by Crippen LogP contribution is -2.03. The zero-order valence-corrected chi connectivity index (χ0v) is 13.5. The van der Waals surface area contributed by atoms with Gasteiger partial charge in [0.2, 0.25) is 0 Å². The van der Waals surface area contributed by atoms with E-state index in [2.05, 4.69) is 15.0 Å². The molecule has 0 aliphatic rings. The Morgan fingerprint density at radius 2 is 2.22 bits per heavy atom. The van der Waals surface area contributed by atoms with Crippen LogP contribution in [0.15, 0.2) is 35.7 Å². The van der Waals surface area contributed by atoms with Crippen LogP contribution in [0.3, 0.4) is 0 Å². The van der Waals surface area contributed by atoms with Gasteiger partial charge in [0.25, 0.3) is 0 Å². The van der Waals surface area contributed by atoms with Crippen LogP contribution < -0.4 is 5.73 Å². The summed E-state index contributed by atoms with van der Waals surface area (Å²) in [6.45, 7) is 1.87. The van der Waals surface area contributed by atoms with Crippen LogP contribution in [0.1, 0.15) is 21.7 Å². The highest BCUT2D eigenvalue weighted by Crippen LogP contribution is 2.21. The number of nitrogen functional groups attached to an aromatic ring is 1. The van der Waals surface area contributed by atoms with Gasteiger partial charge in [0.15, 0.2) is 10.8 Å². The highest BCUT2D eigenvalue weighted by atomic mass is 32.2. The average Bonchev–Trinajstić information content (AvgIpc) is 2.94. The number of nitrogens with two attached hydrogens (primary N) is 1. The van der Waals surface area contributed by atoms with Gasteiger partial charge in [0, 0.05) is 29.9 Å². The number of thioether (sulfide) groups is 1. The lowest BCUT2D eigenvalue weighted by molar-refractivity contribution is 0.0602. The molecule has 118 valence electrons. The van der Waals surface area contributed by atoms with E-state index in [0.29, 0.717) is 27.9 Å². The molecule has 0 fully saturated rings. The SMILES string of the molecule is COC(=O)c1cccn2cc(CSc3nc(C)cc(N)n3)nc12. The second-order valence-corrected chi connectivity index (χ2v) is 5.82. The molecule has 3 aromatic heterocycles. The Balaban J connectivity index is 1.85. The molecule has 0 aliphatic carbocycles. The fraction of sp³-hybridized carbons (Fsp3) is 0.200. The predicted molar refractivity (Wildman–Crippen MR) is 87.3 cm³/mol. The van der Waals surface area contributed by atoms with Crippen LogP contribution in [0, 0.1) is 6.92 Å². The molecular formula is C15H15N5O2S. The molecule has 0 unspecified atom stereocenters. The zero-order valence-electron chi connectivity index (χ0n) is 12.7. The van der Waals surface area contributed by atoms with E-state index in [-0.39, 0.29) is 0 Å². The van der Waals surface area contributed by atoms with Gasteiger partial charge < -0.3 is 14.9 Å². The van der Waals surface area contributed by atoms with Crippen molar-refractivity contribution in [2.45, 2.75) is 17.8 Å². The molecular weight excluding hydrogens is 314 g/mol. The van der Waals surface area contributed by atoms with Crippen LogP contribution in [-0.2, 0) is 10.5 Å². The average molecular weight is 329 g/mol. The largest absolute Gasteiger partial charge is 0.465 e. The van der Waals surface area contributed by atoms with Gasteiger partial charge >= 0.3 is 5.97 Å². The van der Waals surface area contributed by atoms with Crippen molar-refractivity contribution >= 4 is 29.2 Å². The zero-order chi connectivity index (χ0) is 16.4. The number of carbonyl (C=O) groups excluding carboxylic acids is 1. The molecule has 0 aliphatic heterocycles. The molecule has 0 bridgehead atoms. The van der Waals surface area contributed by atoms with Gasteiger partial charge in [0.05, 0.1) is 12.8 Å². The topological polar surface area (TPSA) is 95.4 Å². The molecule has 3 aromatic rings. The van der Waals surface area contributed by atoms with Crippen LogP contribution in [0.5, 0.6) is 0 Å². The number of imidazole rings is 1. The molecule has 0 saturated carbocycles. The number of pyridine rings is 1. The number of anilines is 1. The molecule has 2 N–H and O–H groups in total. The maximum absolute atomic E-state index is 11.8. The number of fused-ring (bicyclic) bond motifs is 1. The van der Waals surface area contributed by atoms with Gasteiger partial charge in [-0.1, -0.05) is 11.8 Å². The van der Waals surface area contributed by atoms with Crippen molar-refractivity contribution in [2.24, 2.45) is 0 Å². The van der Waals surface area contributed by atoms with Gasteiger partial charge in [-0.05, 0) is 19.1 Å². The maximum Gasteiger partial charge on any atom is 0.341 e. The van der Waals surface area contributed by atoms with Crippen molar-refractivity contribution in [1.29, 1.82) is 0 Å². The molecule has 8 heteroatoms. The maximum atomic E-state index is 11.8. The molecule has 7 nitrogen and oxygen atoms in total. The molecule has 0 atom stereocenters. The molecule has 3 rings (SSSR count). The number of ether oxygens (including phenoxy) is 1. The molecule has 0 saturated heterocycles. The predicted octanol–water partition coefficient (Wildman–Crippen LogP) is 2.09. The van der Waals surface area contributed by atoms with Crippen molar-refractivity contribution in [1.82, 2.24) is 19.4 Å². The summed E-state index contributed by atoms with van der Waals surface area (Å²) in [7, 11) is 1.35. The first kappa shape index (κ1) is 15.3. The van der Waals surface area contributed by atoms with E-state index in [1.54, 1.807) is 22.6 Å². The standard InChI is InChI=1S/C15H15N5O2S/c1-9-6-12(16)19-15(17-9)23-8-10-7-20-5-3-4-11(13(20)18-10)14(21)22-2/h3-7H,8H2,1-2H3,(H2,16,17,19). The van der Waals surface area contributed by atoms with Crippen LogP contribution in [0.2, 0.25) is 0 Å². The molecule has 3 heterocycles. The summed E-state index contributed by atoms with van der Waals surface area (Å²) in [4.78, 5) is 24.8. The van der Waals surface area contributed by atoms with E-state index < -0.39 is 5.97 Å². The lowest BCUT2D eigenvalue weighted by Gasteiger charge is -2.01. The summed E-state index contributed by atoms with van der Waals surface area (Å²) < 4.78 is 6.58. The van der Waals surface area contributed by atoms with Crippen LogP contribution >= 0.6 is 11.8 Å². The molecule has 0 amide bonds. The third-order valence-corrected chi connectivity index (χ3v) is 4.02. The van der Waals surface area contributed by atoms with E-state index in [0.717, 1.165) is 11.4 Å². The van der Waals surface area contributed by atoms with Crippen LogP contribution in [0.25, 0.3) is 5.65 Å². The number of carbonyl (C=O) groups is 1. The van der Waals surface area contributed by atoms with Crippen LogP contribution in [0.4, 0.5) is 5.82 Å². The van der Waals surface area contributed by atoms with Crippen molar-refractivity contribution < 1.29 is 9.53 Å². The summed E-state index contributed by atoms with van der Waals surface area (Å²) >= 11 is 1.44. The quantitative estimate of drug-likeness (QED) is 0.445. The van der Waals surface area contributed by atoms with Gasteiger partial charge in [-0.15, -0.1) is 0 Å². The number of hydrogen-bond acceptors (Lipinski definition) is 7. The number of aromatic nitrogens is 4. The van der Waals surface area contributed by atoms with Gasteiger partial charge in [0.1, 0.15) is 11.4 Å². The summed E-state index contributed by atoms with van der Waals surface area (Å²) in [5, 5.41) is 0.604. The number of nitrogens with zero attached hydrogens (tertiary/aromatic N) is 4. The number of esters is 1. The fourth-order valence-corrected chi connectivity index (χ4v) is 2.97. The molecule has 0 radical (unpaired) electrons. The van der Waals surface area contributed by atoms with E-state index >= 15 is 0 Å². The second-order valence-electron chi connectivity index (χ2n) is 4.88. The summed E-state index contributed by atoms with van der Waals surface area (Å²) in [5.74, 6) is 0.615. The summed E-state index contributed by atoms with van der Waals surface area (Å²) in [6.07, 6.45) is 3.71. The summed E-state index contributed by atoms with van der Waals surface area (Å²) in [5.41, 5.74) is 8.36. The van der Waals surface area contributed by atoms with Gasteiger partial charge in [-0.25, -0.2) is 19.7 Å². The number of hydrogen-bond donors (Lipinski definition) is 1. The van der Waals surface area contributed by atoms with Crippen molar-refractivity contribution in [3.63, 3.8) is 0 Å². The van der Waals surface area contributed by atoms with E-state index in [4.69, 9.17) is 10.5 Å². The second kappa shape index (κ2) is 6.25. The Labute approximate surface area is 136 Å². The third-order valence-electron chi connectivity index (χ3n) is 3.14. The minimum atomic E-state index is -0.407. The first-order valence-corrected chi connectivity index (χ1v) is 7.84. The normalized spacial score (nSPS) is 10.9. The Hall–Kier alpha value is -2.61. The number of methoxy groups -OCH3 is 1. The third kappa shape index (κ3) is 3.26. The smallest absolute Gasteiger partial charge is 0.341 e. The Bertz CT molecular complexity index is 857. The highest BCUT2D eigenvalue weighted by Gasteiger charge is 2.13. The Morgan fingerprint density at radius 3 is 2.96 bits per heavy atom. The number of rotatable bonds is 4. The number of aryl methyl sites for hydroxylation is 1. The van der Waals surface area contributed by atoms with E-state index in [1.807, 2.05) is 19.3 Å². The summed E-state index contributed by atoms with van der Waals surface area (Å²) in [6, 6.07) is 5.19. The van der Waals surface area contributed by atoms with E-state index in [9.17, 15) is 4.79 Å². The van der Waals surface area contributed by atoms with Crippen LogP contribution in [-0.4, -0.2) is 32.4 Å². The van der Waals surface area contributed by atoms with E-state index in [1.165, 1.54) is 18.9 Å². The molecule has 23 heavy (non-hydrogen) atoms. The minimum absolute atomic E-state index is 0.407. The van der Waals surface area contributed by atoms with Gasteiger partial charge in [-0.3, -0.25) is 0 Å². The molecule has 0 spiro atoms. The monoisotopic (exact) mass is 329 g/mol. The minimum Gasteiger partial charge on any atom is -0.465 e. The lowest BCUT2D eigenvalue weighted by atomic mass is 10.3. The molecule has 0 aromatic carbocycles. The van der Waals surface area contributed by atoms with Crippen molar-refractivity contribution in [3.8, 4) is 0 Å². The van der Waals surface area contributed by atoms with Gasteiger partial charge in [-0.2, -0.15) is 0 Å². The van der Waals surface area contributed by atoms with Crippen molar-refractivity contribution in [3.05, 3.63) is 47.5 Å². The Morgan fingerprint density at radius 1 is 1.39 bits per heavy atom. The fourth-order valence-electron chi connectivity index (χ4n) is 2.17. The first-order valence-electron chi connectivity index (χ1n) is 6.85. The first-order chi connectivity index (χ1) is 11.1. The van der Waals surface area contributed by atoms with Crippen molar-refractivity contribution in [2.75, 3.05) is 12.8 Å². The Kier molecular flexibility index (Phi) is 4.16. The highest BCUT2D eigenvalue weighted by molar-refractivity contribution is 7.98.